The maximum Gasteiger partial charge on any atom is 0.282 e. The quantitative estimate of drug-likeness (QED) is 0.623. The molecule has 2 aromatic rings. The van der Waals surface area contributed by atoms with E-state index in [0.717, 1.165) is 18.8 Å². The molecule has 2 aromatic carbocycles. The first-order chi connectivity index (χ1) is 15.6. The highest BCUT2D eigenvalue weighted by Crippen LogP contribution is 2.38. The number of hydrogen-bond donors (Lipinski definition) is 0. The van der Waals surface area contributed by atoms with Crippen LogP contribution in [-0.4, -0.2) is 63.2 Å². The van der Waals surface area contributed by atoms with E-state index in [0.29, 0.717) is 54.6 Å². The van der Waals surface area contributed by atoms with Gasteiger partial charge in [0.15, 0.2) is 0 Å². The van der Waals surface area contributed by atoms with Gasteiger partial charge in [0.1, 0.15) is 11.4 Å². The summed E-state index contributed by atoms with van der Waals surface area (Å²) in [5.74, 6) is -0.0851. The lowest BCUT2D eigenvalue weighted by molar-refractivity contribution is -0.121. The number of rotatable bonds is 7. The van der Waals surface area contributed by atoms with Crippen LogP contribution in [0.15, 0.2) is 54.2 Å². The van der Waals surface area contributed by atoms with Crippen molar-refractivity contribution >= 4 is 28.8 Å². The second-order valence-electron chi connectivity index (χ2n) is 7.66. The molecule has 0 N–H and O–H groups in total. The predicted molar refractivity (Wildman–Crippen MR) is 125 cm³/mol. The van der Waals surface area contributed by atoms with Crippen molar-refractivity contribution in [3.05, 3.63) is 59.8 Å². The Morgan fingerprint density at radius 1 is 0.938 bits per heavy atom. The second-order valence-corrected chi connectivity index (χ2v) is 7.66. The first kappa shape index (κ1) is 21.9. The summed E-state index contributed by atoms with van der Waals surface area (Å²) in [6.45, 7) is 8.12. The third-order valence-corrected chi connectivity index (χ3v) is 6.00. The van der Waals surface area contributed by atoms with Crippen LogP contribution in [0.5, 0.6) is 5.75 Å². The van der Waals surface area contributed by atoms with E-state index in [-0.39, 0.29) is 11.8 Å². The van der Waals surface area contributed by atoms with Gasteiger partial charge in [-0.15, -0.1) is 0 Å². The van der Waals surface area contributed by atoms with Crippen molar-refractivity contribution in [3.8, 4) is 5.75 Å². The Bertz CT molecular complexity index is 1020. The van der Waals surface area contributed by atoms with Crippen molar-refractivity contribution in [3.63, 3.8) is 0 Å². The molecule has 7 nitrogen and oxygen atoms in total. The van der Waals surface area contributed by atoms with Crippen LogP contribution in [0.2, 0.25) is 0 Å². The number of nitrogens with zero attached hydrogens (tertiary/aromatic N) is 3. The minimum Gasteiger partial charge on any atom is -0.496 e. The number of carbonyl (C=O) groups is 2. The van der Waals surface area contributed by atoms with Crippen LogP contribution in [0.25, 0.3) is 5.57 Å². The van der Waals surface area contributed by atoms with Crippen LogP contribution in [0.1, 0.15) is 19.4 Å². The van der Waals surface area contributed by atoms with Crippen molar-refractivity contribution in [1.82, 2.24) is 4.90 Å². The monoisotopic (exact) mass is 435 g/mol. The smallest absolute Gasteiger partial charge is 0.282 e. The average molecular weight is 436 g/mol. The molecule has 1 saturated heterocycles. The van der Waals surface area contributed by atoms with Gasteiger partial charge in [-0.05, 0) is 44.2 Å². The number of imide groups is 1. The third kappa shape index (κ3) is 3.84. The molecule has 0 spiro atoms. The molecule has 0 unspecified atom stereocenters. The van der Waals surface area contributed by atoms with E-state index < -0.39 is 0 Å². The zero-order valence-electron chi connectivity index (χ0n) is 18.8. The van der Waals surface area contributed by atoms with Gasteiger partial charge in [-0.25, -0.2) is 4.90 Å². The summed E-state index contributed by atoms with van der Waals surface area (Å²) in [4.78, 5) is 32.8. The Morgan fingerprint density at radius 3 is 2.22 bits per heavy atom. The summed E-state index contributed by atoms with van der Waals surface area (Å²) in [5.41, 5.74) is 3.03. The van der Waals surface area contributed by atoms with Gasteiger partial charge in [0, 0.05) is 37.4 Å². The van der Waals surface area contributed by atoms with E-state index >= 15 is 0 Å². The van der Waals surface area contributed by atoms with Gasteiger partial charge in [0.05, 0.1) is 31.6 Å². The largest absolute Gasteiger partial charge is 0.496 e. The number of carbonyl (C=O) groups excluding carboxylic acids is 2. The van der Waals surface area contributed by atoms with E-state index in [1.807, 2.05) is 47.4 Å². The number of hydrogen-bond acceptors (Lipinski definition) is 6. The minimum atomic E-state index is -0.336. The molecule has 7 heteroatoms. The molecule has 0 radical (unpaired) electrons. The summed E-state index contributed by atoms with van der Waals surface area (Å²) in [6, 6.07) is 14.9. The fraction of sp³-hybridized carbons (Fsp3) is 0.360. The van der Waals surface area contributed by atoms with E-state index in [9.17, 15) is 9.59 Å². The number of benzene rings is 2. The van der Waals surface area contributed by atoms with Gasteiger partial charge in [0.2, 0.25) is 0 Å². The van der Waals surface area contributed by atoms with E-state index in [2.05, 4.69) is 18.7 Å². The summed E-state index contributed by atoms with van der Waals surface area (Å²) in [7, 11) is 1.57. The molecule has 2 aliphatic heterocycles. The number of methoxy groups -OCH3 is 1. The normalized spacial score (nSPS) is 16.7. The van der Waals surface area contributed by atoms with Crippen molar-refractivity contribution < 1.29 is 19.1 Å². The highest BCUT2D eigenvalue weighted by molar-refractivity contribution is 6.45. The molecule has 2 heterocycles. The number of ether oxygens (including phenoxy) is 2. The van der Waals surface area contributed by atoms with E-state index in [1.165, 1.54) is 4.90 Å². The van der Waals surface area contributed by atoms with Gasteiger partial charge in [-0.1, -0.05) is 18.2 Å². The van der Waals surface area contributed by atoms with Crippen molar-refractivity contribution in [2.75, 3.05) is 56.3 Å². The maximum atomic E-state index is 13.7. The highest BCUT2D eigenvalue weighted by atomic mass is 16.5. The van der Waals surface area contributed by atoms with Gasteiger partial charge in [-0.2, -0.15) is 0 Å². The van der Waals surface area contributed by atoms with Crippen LogP contribution in [0.3, 0.4) is 0 Å². The Labute approximate surface area is 188 Å². The molecule has 2 aliphatic rings. The lowest BCUT2D eigenvalue weighted by Gasteiger charge is -2.29. The minimum absolute atomic E-state index is 0.312. The van der Waals surface area contributed by atoms with Crippen LogP contribution >= 0.6 is 0 Å². The number of amides is 2. The summed E-state index contributed by atoms with van der Waals surface area (Å²) >= 11 is 0. The van der Waals surface area contributed by atoms with Gasteiger partial charge >= 0.3 is 0 Å². The lowest BCUT2D eigenvalue weighted by Crippen LogP contribution is -2.40. The van der Waals surface area contributed by atoms with Crippen LogP contribution < -0.4 is 14.5 Å². The average Bonchev–Trinajstić information content (AvgIpc) is 3.10. The molecule has 1 fully saturated rings. The Balaban J connectivity index is 1.77. The molecule has 2 amide bonds. The Hall–Kier alpha value is -3.32. The molecule has 0 bridgehead atoms. The second kappa shape index (κ2) is 9.44. The molecule has 168 valence electrons. The van der Waals surface area contributed by atoms with Crippen molar-refractivity contribution in [2.24, 2.45) is 0 Å². The standard InChI is InChI=1S/C25H29N3O4/c1-4-26(5-2)18-10-12-19(13-11-18)28-24(29)22(20-8-6-7-9-21(20)31-3)23(25(28)30)27-14-16-32-17-15-27/h6-13H,4-5,14-17H2,1-3H3. The fourth-order valence-electron chi connectivity index (χ4n) is 4.33. The molecule has 0 aromatic heterocycles. The zero-order valence-corrected chi connectivity index (χ0v) is 18.8. The lowest BCUT2D eigenvalue weighted by atomic mass is 10.0. The molecule has 0 atom stereocenters. The first-order valence-electron chi connectivity index (χ1n) is 11.0. The molecular weight excluding hydrogens is 406 g/mol. The predicted octanol–water partition coefficient (Wildman–Crippen LogP) is 3.16. The van der Waals surface area contributed by atoms with Crippen LogP contribution in [0.4, 0.5) is 11.4 Å². The summed E-state index contributed by atoms with van der Waals surface area (Å²) in [5, 5.41) is 0. The molecule has 4 rings (SSSR count). The van der Waals surface area contributed by atoms with Crippen LogP contribution in [-0.2, 0) is 14.3 Å². The van der Waals surface area contributed by atoms with Gasteiger partial charge < -0.3 is 19.3 Å². The SMILES string of the molecule is CCN(CC)c1ccc(N2C(=O)C(c3ccccc3OC)=C(N3CCOCC3)C2=O)cc1. The van der Waals surface area contributed by atoms with Crippen molar-refractivity contribution in [2.45, 2.75) is 13.8 Å². The number of anilines is 2. The Morgan fingerprint density at radius 2 is 1.59 bits per heavy atom. The number of para-hydroxylation sites is 1. The topological polar surface area (TPSA) is 62.3 Å². The number of morpholine rings is 1. The molecule has 0 saturated carbocycles. The highest BCUT2D eigenvalue weighted by Gasteiger charge is 2.43. The fourth-order valence-corrected chi connectivity index (χ4v) is 4.33. The summed E-state index contributed by atoms with van der Waals surface area (Å²) < 4.78 is 11.0. The molecule has 32 heavy (non-hydrogen) atoms. The van der Waals surface area contributed by atoms with Crippen LogP contribution in [0, 0.1) is 0 Å². The van der Waals surface area contributed by atoms with Crippen molar-refractivity contribution in [1.29, 1.82) is 0 Å². The Kier molecular flexibility index (Phi) is 6.46. The first-order valence-corrected chi connectivity index (χ1v) is 11.0. The zero-order chi connectivity index (χ0) is 22.7. The third-order valence-electron chi connectivity index (χ3n) is 6.00. The van der Waals surface area contributed by atoms with Gasteiger partial charge in [0.25, 0.3) is 11.8 Å². The van der Waals surface area contributed by atoms with E-state index in [1.54, 1.807) is 13.2 Å². The summed E-state index contributed by atoms with van der Waals surface area (Å²) in [6.07, 6.45) is 0. The molecule has 0 aliphatic carbocycles. The van der Waals surface area contributed by atoms with Gasteiger partial charge in [-0.3, -0.25) is 9.59 Å². The van der Waals surface area contributed by atoms with E-state index in [4.69, 9.17) is 9.47 Å². The maximum absolute atomic E-state index is 13.7. The molecular formula is C25H29N3O4.